The molecule has 2 aromatic rings. The minimum Gasteiger partial charge on any atom is -0.326 e. The molecular weight excluding hydrogens is 344 g/mol. The number of carbonyl (C=O) groups is 2. The van der Waals surface area contributed by atoms with Crippen LogP contribution in [0, 0.1) is 10.1 Å². The summed E-state index contributed by atoms with van der Waals surface area (Å²) in [5.41, 5.74) is 2.41. The number of anilines is 1. The van der Waals surface area contributed by atoms with Gasteiger partial charge < -0.3 is 5.32 Å². The predicted octanol–water partition coefficient (Wildman–Crippen LogP) is 4.03. The Hall–Kier alpha value is -2.99. The van der Waals surface area contributed by atoms with Crippen LogP contribution in [-0.4, -0.2) is 16.6 Å². The van der Waals surface area contributed by atoms with E-state index in [0.29, 0.717) is 29.0 Å². The van der Waals surface area contributed by atoms with Crippen LogP contribution in [0.15, 0.2) is 42.5 Å². The molecule has 0 spiro atoms. The molecule has 0 unspecified atom stereocenters. The maximum Gasteiger partial charge on any atom is 0.270 e. The number of allylic oxidation sites excluding steroid dienone is 1. The molecule has 0 atom stereocenters. The Balaban J connectivity index is 1.83. The van der Waals surface area contributed by atoms with Crippen LogP contribution >= 0.6 is 11.6 Å². The lowest BCUT2D eigenvalue weighted by molar-refractivity contribution is -0.384. The number of hydrogen-bond donors (Lipinski definition) is 1. The quantitative estimate of drug-likeness (QED) is 0.387. The van der Waals surface area contributed by atoms with Gasteiger partial charge in [-0.25, -0.2) is 0 Å². The number of rotatable bonds is 4. The Morgan fingerprint density at radius 1 is 1.20 bits per heavy atom. The Bertz CT molecular complexity index is 921. The molecule has 0 saturated heterocycles. The summed E-state index contributed by atoms with van der Waals surface area (Å²) in [7, 11) is 0. The predicted molar refractivity (Wildman–Crippen MR) is 94.9 cm³/mol. The maximum atomic E-state index is 12.3. The lowest BCUT2D eigenvalue weighted by Crippen LogP contribution is -2.19. The molecule has 7 heteroatoms. The average Bonchev–Trinajstić information content (AvgIpc) is 2.60. The number of nitrogens with one attached hydrogen (secondary N) is 1. The van der Waals surface area contributed by atoms with E-state index in [1.54, 1.807) is 18.2 Å². The molecule has 0 aromatic heterocycles. The van der Waals surface area contributed by atoms with Gasteiger partial charge in [0.05, 0.1) is 4.92 Å². The molecule has 1 N–H and O–H groups in total. The molecule has 1 aliphatic rings. The minimum atomic E-state index is -0.521. The molecule has 1 aliphatic heterocycles. The van der Waals surface area contributed by atoms with E-state index in [1.165, 1.54) is 30.4 Å². The summed E-state index contributed by atoms with van der Waals surface area (Å²) in [5.74, 6) is -0.283. The van der Waals surface area contributed by atoms with Crippen molar-refractivity contribution in [1.82, 2.24) is 0 Å². The highest BCUT2D eigenvalue weighted by atomic mass is 35.5. The highest BCUT2D eigenvalue weighted by Crippen LogP contribution is 2.25. The van der Waals surface area contributed by atoms with Crippen molar-refractivity contribution in [3.05, 3.63) is 74.3 Å². The highest BCUT2D eigenvalue weighted by Gasteiger charge is 2.16. The summed E-state index contributed by atoms with van der Waals surface area (Å²) in [5, 5.41) is 13.9. The number of nitro groups is 1. The first-order chi connectivity index (χ1) is 11.9. The standard InChI is InChI=1S/C18H13ClN2O4/c19-15-5-4-14(21(24)25)10-11(15)2-7-17(22)13-1-6-16-12(9-13)3-8-18(23)20-16/h1-2,4-7,9-10H,3,8H2,(H,20,23)/b7-2+. The number of halogens is 1. The van der Waals surface area contributed by atoms with Gasteiger partial charge in [0.2, 0.25) is 5.91 Å². The third-order valence-corrected chi connectivity index (χ3v) is 4.23. The lowest BCUT2D eigenvalue weighted by Gasteiger charge is -2.16. The van der Waals surface area contributed by atoms with Crippen LogP contribution in [0.2, 0.25) is 5.02 Å². The van der Waals surface area contributed by atoms with Crippen LogP contribution in [0.5, 0.6) is 0 Å². The van der Waals surface area contributed by atoms with Gasteiger partial charge in [0.1, 0.15) is 0 Å². The molecule has 0 saturated carbocycles. The number of amides is 1. The second-order valence-corrected chi connectivity index (χ2v) is 5.99. The summed E-state index contributed by atoms with van der Waals surface area (Å²) >= 11 is 6.01. The van der Waals surface area contributed by atoms with Gasteiger partial charge >= 0.3 is 0 Å². The number of carbonyl (C=O) groups excluding carboxylic acids is 2. The van der Waals surface area contributed by atoms with Gasteiger partial charge in [-0.1, -0.05) is 11.6 Å². The van der Waals surface area contributed by atoms with E-state index >= 15 is 0 Å². The van der Waals surface area contributed by atoms with Crippen LogP contribution in [-0.2, 0) is 11.2 Å². The van der Waals surface area contributed by atoms with Crippen molar-refractivity contribution < 1.29 is 14.5 Å². The van der Waals surface area contributed by atoms with E-state index in [2.05, 4.69) is 5.32 Å². The first-order valence-electron chi connectivity index (χ1n) is 7.53. The van der Waals surface area contributed by atoms with Gasteiger partial charge in [0.25, 0.3) is 5.69 Å². The zero-order chi connectivity index (χ0) is 18.0. The molecule has 1 amide bonds. The van der Waals surface area contributed by atoms with E-state index in [4.69, 9.17) is 11.6 Å². The summed E-state index contributed by atoms with van der Waals surface area (Å²) in [4.78, 5) is 34.0. The molecule has 0 fully saturated rings. The van der Waals surface area contributed by atoms with Crippen molar-refractivity contribution >= 4 is 40.7 Å². The van der Waals surface area contributed by atoms with Gasteiger partial charge in [-0.3, -0.25) is 19.7 Å². The third-order valence-electron chi connectivity index (χ3n) is 3.89. The van der Waals surface area contributed by atoms with E-state index in [-0.39, 0.29) is 17.4 Å². The average molecular weight is 357 g/mol. The summed E-state index contributed by atoms with van der Waals surface area (Å²) in [6.45, 7) is 0. The number of aryl methyl sites for hydroxylation is 1. The zero-order valence-corrected chi connectivity index (χ0v) is 13.7. The van der Waals surface area contributed by atoms with Gasteiger partial charge in [0, 0.05) is 34.8 Å². The van der Waals surface area contributed by atoms with Crippen LogP contribution < -0.4 is 5.32 Å². The normalized spacial score (nSPS) is 13.4. The van der Waals surface area contributed by atoms with E-state index < -0.39 is 4.92 Å². The highest BCUT2D eigenvalue weighted by molar-refractivity contribution is 6.32. The molecule has 0 aliphatic carbocycles. The van der Waals surface area contributed by atoms with Crippen molar-refractivity contribution in [1.29, 1.82) is 0 Å². The zero-order valence-electron chi connectivity index (χ0n) is 13.0. The van der Waals surface area contributed by atoms with Gasteiger partial charge in [-0.05, 0) is 54.0 Å². The van der Waals surface area contributed by atoms with Crippen molar-refractivity contribution in [2.24, 2.45) is 0 Å². The number of non-ortho nitro benzene ring substituents is 1. The van der Waals surface area contributed by atoms with E-state index in [1.807, 2.05) is 0 Å². The molecule has 6 nitrogen and oxygen atoms in total. The molecule has 3 rings (SSSR count). The number of hydrogen-bond acceptors (Lipinski definition) is 4. The minimum absolute atomic E-state index is 0.0354. The Labute approximate surface area is 148 Å². The molecule has 0 radical (unpaired) electrons. The largest absolute Gasteiger partial charge is 0.326 e. The number of nitrogens with zero attached hydrogens (tertiary/aromatic N) is 1. The molecular formula is C18H13ClN2O4. The topological polar surface area (TPSA) is 89.3 Å². The fourth-order valence-electron chi connectivity index (χ4n) is 2.57. The fourth-order valence-corrected chi connectivity index (χ4v) is 2.75. The number of ketones is 1. The van der Waals surface area contributed by atoms with E-state index in [0.717, 1.165) is 11.3 Å². The van der Waals surface area contributed by atoms with Crippen molar-refractivity contribution in [3.63, 3.8) is 0 Å². The Morgan fingerprint density at radius 3 is 2.76 bits per heavy atom. The van der Waals surface area contributed by atoms with Crippen LogP contribution in [0.3, 0.4) is 0 Å². The third kappa shape index (κ3) is 3.75. The lowest BCUT2D eigenvalue weighted by atomic mass is 9.98. The summed E-state index contributed by atoms with van der Waals surface area (Å²) in [6, 6.07) is 9.12. The molecule has 1 heterocycles. The molecule has 0 bridgehead atoms. The number of fused-ring (bicyclic) bond motifs is 1. The first kappa shape index (κ1) is 16.9. The molecule has 25 heavy (non-hydrogen) atoms. The molecule has 126 valence electrons. The maximum absolute atomic E-state index is 12.3. The molecule has 2 aromatic carbocycles. The second-order valence-electron chi connectivity index (χ2n) is 5.58. The SMILES string of the molecule is O=C1CCc2cc(C(=O)/C=C/c3cc([N+](=O)[O-])ccc3Cl)ccc2N1. The Kier molecular flexibility index (Phi) is 4.63. The summed E-state index contributed by atoms with van der Waals surface area (Å²) < 4.78 is 0. The van der Waals surface area contributed by atoms with Gasteiger partial charge in [-0.2, -0.15) is 0 Å². The van der Waals surface area contributed by atoms with Crippen molar-refractivity contribution in [2.75, 3.05) is 5.32 Å². The van der Waals surface area contributed by atoms with Crippen molar-refractivity contribution in [2.45, 2.75) is 12.8 Å². The first-order valence-corrected chi connectivity index (χ1v) is 7.91. The van der Waals surface area contributed by atoms with Crippen LogP contribution in [0.25, 0.3) is 6.08 Å². The second kappa shape index (κ2) is 6.86. The Morgan fingerprint density at radius 2 is 2.00 bits per heavy atom. The summed E-state index contributed by atoms with van der Waals surface area (Å²) in [6.07, 6.45) is 3.76. The monoisotopic (exact) mass is 356 g/mol. The van der Waals surface area contributed by atoms with E-state index in [9.17, 15) is 19.7 Å². The van der Waals surface area contributed by atoms with Crippen molar-refractivity contribution in [3.8, 4) is 0 Å². The number of nitro benzene ring substituents is 1. The number of benzene rings is 2. The smallest absolute Gasteiger partial charge is 0.270 e. The van der Waals surface area contributed by atoms with Crippen LogP contribution in [0.1, 0.15) is 27.9 Å². The van der Waals surface area contributed by atoms with Gasteiger partial charge in [0.15, 0.2) is 5.78 Å². The van der Waals surface area contributed by atoms with Crippen LogP contribution in [0.4, 0.5) is 11.4 Å². The fraction of sp³-hybridized carbons (Fsp3) is 0.111. The van der Waals surface area contributed by atoms with Gasteiger partial charge in [-0.15, -0.1) is 0 Å².